The van der Waals surface area contributed by atoms with E-state index < -0.39 is 22.1 Å². The van der Waals surface area contributed by atoms with Crippen molar-refractivity contribution in [1.82, 2.24) is 19.8 Å². The molecule has 1 saturated heterocycles. The molecule has 29 heavy (non-hydrogen) atoms. The number of piperazine rings is 1. The van der Waals surface area contributed by atoms with Crippen molar-refractivity contribution in [3.05, 3.63) is 15.8 Å². The summed E-state index contributed by atoms with van der Waals surface area (Å²) in [6.07, 6.45) is 4.12. The molecule has 3 rings (SSSR count). The quantitative estimate of drug-likeness (QED) is 0.725. The molecule has 2 N–H and O–H groups in total. The molecule has 2 aliphatic rings. The van der Waals surface area contributed by atoms with Crippen LogP contribution >= 0.6 is 11.3 Å². The molecule has 1 atom stereocenters. The molecule has 2 fully saturated rings. The first-order chi connectivity index (χ1) is 13.7. The van der Waals surface area contributed by atoms with E-state index >= 15 is 0 Å². The molecular weight excluding hydrogens is 412 g/mol. The standard InChI is InChI=1S/C19H30N4O4S2/c1-13-12-17(15(3)28-13)29(26,27)23-10-8-22(9-11-23)14(2)18(24)21-19(25)20-16-6-4-5-7-16/h12,14,16H,4-11H2,1-3H3,(H2,20,21,24,25). The van der Waals surface area contributed by atoms with Crippen molar-refractivity contribution in [2.75, 3.05) is 26.2 Å². The zero-order valence-electron chi connectivity index (χ0n) is 17.2. The van der Waals surface area contributed by atoms with E-state index in [2.05, 4.69) is 10.6 Å². The molecule has 162 valence electrons. The number of sulfonamides is 1. The first-order valence-corrected chi connectivity index (χ1v) is 12.4. The Bertz CT molecular complexity index is 854. The molecule has 2 heterocycles. The van der Waals surface area contributed by atoms with Crippen LogP contribution in [0.1, 0.15) is 42.4 Å². The first kappa shape index (κ1) is 22.2. The van der Waals surface area contributed by atoms with E-state index in [0.717, 1.165) is 35.4 Å². The monoisotopic (exact) mass is 442 g/mol. The Morgan fingerprint density at radius 3 is 2.31 bits per heavy atom. The third kappa shape index (κ3) is 5.17. The summed E-state index contributed by atoms with van der Waals surface area (Å²) >= 11 is 1.48. The van der Waals surface area contributed by atoms with Gasteiger partial charge in [0, 0.05) is 42.0 Å². The number of imide groups is 1. The van der Waals surface area contributed by atoms with Gasteiger partial charge >= 0.3 is 6.03 Å². The fourth-order valence-electron chi connectivity index (χ4n) is 4.01. The van der Waals surface area contributed by atoms with Crippen molar-refractivity contribution in [2.24, 2.45) is 0 Å². The van der Waals surface area contributed by atoms with E-state index in [4.69, 9.17) is 0 Å². The number of hydrogen-bond acceptors (Lipinski definition) is 6. The Balaban J connectivity index is 1.52. The number of rotatable bonds is 5. The number of thiophene rings is 1. The van der Waals surface area contributed by atoms with Crippen molar-refractivity contribution in [2.45, 2.75) is 63.4 Å². The third-order valence-electron chi connectivity index (χ3n) is 5.74. The van der Waals surface area contributed by atoms with E-state index in [1.165, 1.54) is 15.6 Å². The van der Waals surface area contributed by atoms with Gasteiger partial charge in [0.15, 0.2) is 0 Å². The zero-order chi connectivity index (χ0) is 21.2. The molecule has 3 amide bonds. The van der Waals surface area contributed by atoms with Crippen molar-refractivity contribution in [3.8, 4) is 0 Å². The fourth-order valence-corrected chi connectivity index (χ4v) is 6.95. The van der Waals surface area contributed by atoms with Crippen LogP contribution in [-0.4, -0.2) is 67.8 Å². The highest BCUT2D eigenvalue weighted by molar-refractivity contribution is 7.89. The van der Waals surface area contributed by atoms with Crippen LogP contribution in [0.4, 0.5) is 4.79 Å². The number of aryl methyl sites for hydroxylation is 2. The second kappa shape index (κ2) is 9.11. The van der Waals surface area contributed by atoms with Gasteiger partial charge in [0.25, 0.3) is 0 Å². The van der Waals surface area contributed by atoms with Crippen molar-refractivity contribution in [1.29, 1.82) is 0 Å². The summed E-state index contributed by atoms with van der Waals surface area (Å²) in [6.45, 7) is 7.00. The lowest BCUT2D eigenvalue weighted by Gasteiger charge is -2.36. The van der Waals surface area contributed by atoms with Gasteiger partial charge in [-0.05, 0) is 39.7 Å². The lowest BCUT2D eigenvalue weighted by molar-refractivity contribution is -0.125. The van der Waals surface area contributed by atoms with Crippen LogP contribution in [0.2, 0.25) is 0 Å². The van der Waals surface area contributed by atoms with Crippen molar-refractivity contribution in [3.63, 3.8) is 0 Å². The summed E-state index contributed by atoms with van der Waals surface area (Å²) in [5.41, 5.74) is 0. The summed E-state index contributed by atoms with van der Waals surface area (Å²) in [4.78, 5) is 28.5. The number of nitrogens with zero attached hydrogens (tertiary/aromatic N) is 2. The fraction of sp³-hybridized carbons (Fsp3) is 0.684. The number of nitrogens with one attached hydrogen (secondary N) is 2. The average molecular weight is 443 g/mol. The van der Waals surface area contributed by atoms with Crippen LogP contribution in [0.15, 0.2) is 11.0 Å². The second-order valence-electron chi connectivity index (χ2n) is 7.84. The minimum Gasteiger partial charge on any atom is -0.335 e. The third-order valence-corrected chi connectivity index (χ3v) is 8.86. The van der Waals surface area contributed by atoms with Gasteiger partial charge in [0.2, 0.25) is 15.9 Å². The number of carbonyl (C=O) groups excluding carboxylic acids is 2. The highest BCUT2D eigenvalue weighted by Crippen LogP contribution is 2.28. The Kier molecular flexibility index (Phi) is 6.98. The molecule has 1 aliphatic heterocycles. The summed E-state index contributed by atoms with van der Waals surface area (Å²) in [7, 11) is -3.52. The molecule has 1 saturated carbocycles. The number of amides is 3. The van der Waals surface area contributed by atoms with Crippen LogP contribution in [0.3, 0.4) is 0 Å². The second-order valence-corrected chi connectivity index (χ2v) is 11.2. The summed E-state index contributed by atoms with van der Waals surface area (Å²) in [5, 5.41) is 5.26. The van der Waals surface area contributed by atoms with Gasteiger partial charge in [0.1, 0.15) is 0 Å². The largest absolute Gasteiger partial charge is 0.335 e. The highest BCUT2D eigenvalue weighted by atomic mass is 32.2. The lowest BCUT2D eigenvalue weighted by Crippen LogP contribution is -2.56. The maximum absolute atomic E-state index is 12.9. The van der Waals surface area contributed by atoms with Crippen molar-refractivity contribution >= 4 is 33.3 Å². The molecule has 0 aromatic carbocycles. The Hall–Kier alpha value is -1.49. The van der Waals surface area contributed by atoms with Gasteiger partial charge in [-0.1, -0.05) is 12.8 Å². The molecule has 1 aromatic heterocycles. The van der Waals surface area contributed by atoms with Crippen LogP contribution < -0.4 is 10.6 Å². The molecule has 1 aliphatic carbocycles. The maximum atomic E-state index is 12.9. The van der Waals surface area contributed by atoms with E-state index in [-0.39, 0.29) is 11.9 Å². The van der Waals surface area contributed by atoms with Gasteiger partial charge < -0.3 is 5.32 Å². The zero-order valence-corrected chi connectivity index (χ0v) is 18.9. The minimum atomic E-state index is -3.52. The summed E-state index contributed by atoms with van der Waals surface area (Å²) in [5.74, 6) is -0.360. The smallest absolute Gasteiger partial charge is 0.321 e. The van der Waals surface area contributed by atoms with E-state index in [0.29, 0.717) is 31.1 Å². The predicted octanol–water partition coefficient (Wildman–Crippen LogP) is 1.83. The molecule has 1 aromatic rings. The van der Waals surface area contributed by atoms with Gasteiger partial charge in [0.05, 0.1) is 10.9 Å². The maximum Gasteiger partial charge on any atom is 0.321 e. The molecular formula is C19H30N4O4S2. The van der Waals surface area contributed by atoms with Crippen molar-refractivity contribution < 1.29 is 18.0 Å². The molecule has 1 unspecified atom stereocenters. The van der Waals surface area contributed by atoms with Gasteiger partial charge in [-0.25, -0.2) is 13.2 Å². The van der Waals surface area contributed by atoms with Gasteiger partial charge in [-0.2, -0.15) is 4.31 Å². The van der Waals surface area contributed by atoms with Crippen LogP contribution in [0.25, 0.3) is 0 Å². The number of carbonyl (C=O) groups is 2. The van der Waals surface area contributed by atoms with E-state index in [9.17, 15) is 18.0 Å². The molecule has 8 nitrogen and oxygen atoms in total. The summed E-state index contributed by atoms with van der Waals surface area (Å²) < 4.78 is 27.3. The SMILES string of the molecule is Cc1cc(S(=O)(=O)N2CCN(C(C)C(=O)NC(=O)NC3CCCC3)CC2)c(C)s1. The number of hydrogen-bond donors (Lipinski definition) is 2. The number of urea groups is 1. The Labute approximate surface area is 176 Å². The highest BCUT2D eigenvalue weighted by Gasteiger charge is 2.33. The first-order valence-electron chi connectivity index (χ1n) is 10.1. The van der Waals surface area contributed by atoms with Crippen LogP contribution in [-0.2, 0) is 14.8 Å². The molecule has 10 heteroatoms. The van der Waals surface area contributed by atoms with Gasteiger partial charge in [-0.15, -0.1) is 11.3 Å². The normalized spacial score (nSPS) is 20.5. The van der Waals surface area contributed by atoms with Crippen LogP contribution in [0, 0.1) is 13.8 Å². The van der Waals surface area contributed by atoms with Crippen LogP contribution in [0.5, 0.6) is 0 Å². The Morgan fingerprint density at radius 2 is 1.76 bits per heavy atom. The van der Waals surface area contributed by atoms with E-state index in [1.807, 2.05) is 18.7 Å². The van der Waals surface area contributed by atoms with E-state index in [1.54, 1.807) is 13.0 Å². The summed E-state index contributed by atoms with van der Waals surface area (Å²) in [6, 6.07) is 0.925. The topological polar surface area (TPSA) is 98.8 Å². The van der Waals surface area contributed by atoms with Gasteiger partial charge in [-0.3, -0.25) is 15.0 Å². The minimum absolute atomic E-state index is 0.149. The lowest BCUT2D eigenvalue weighted by atomic mass is 10.2. The predicted molar refractivity (Wildman–Crippen MR) is 113 cm³/mol. The molecule has 0 bridgehead atoms. The average Bonchev–Trinajstić information content (AvgIpc) is 3.30. The Morgan fingerprint density at radius 1 is 1.14 bits per heavy atom. The molecule has 0 spiro atoms. The molecule has 0 radical (unpaired) electrons.